The van der Waals surface area contributed by atoms with E-state index in [9.17, 15) is 4.79 Å². The van der Waals surface area contributed by atoms with Gasteiger partial charge in [0.15, 0.2) is 0 Å². The summed E-state index contributed by atoms with van der Waals surface area (Å²) < 4.78 is 0. The van der Waals surface area contributed by atoms with Crippen LogP contribution in [0.1, 0.15) is 75.7 Å². The Balaban J connectivity index is 2.24. The molecule has 122 valence electrons. The Bertz CT molecular complexity index is 524. The van der Waals surface area contributed by atoms with Crippen LogP contribution in [0.3, 0.4) is 0 Å². The summed E-state index contributed by atoms with van der Waals surface area (Å²) in [6.07, 6.45) is 4.13. The molecule has 2 rings (SSSR count). The molecule has 1 aromatic carbocycles. The number of hydrogen-bond acceptors (Lipinski definition) is 2. The zero-order valence-corrected chi connectivity index (χ0v) is 14.4. The summed E-state index contributed by atoms with van der Waals surface area (Å²) in [7, 11) is 0. The minimum atomic E-state index is 0.0538. The van der Waals surface area contributed by atoms with Crippen LogP contribution < -0.4 is 11.1 Å². The first-order valence-corrected chi connectivity index (χ1v) is 8.62. The molecule has 3 nitrogen and oxygen atoms in total. The van der Waals surface area contributed by atoms with E-state index in [4.69, 9.17) is 5.73 Å². The van der Waals surface area contributed by atoms with E-state index in [-0.39, 0.29) is 23.9 Å². The average Bonchev–Trinajstić information content (AvgIpc) is 2.53. The van der Waals surface area contributed by atoms with E-state index in [0.717, 1.165) is 25.7 Å². The number of carbonyl (C=O) groups is 1. The minimum Gasteiger partial charge on any atom is -0.349 e. The second-order valence-electron chi connectivity index (χ2n) is 6.99. The van der Waals surface area contributed by atoms with E-state index in [0.29, 0.717) is 5.92 Å². The molecular formula is C19H30N2O. The van der Waals surface area contributed by atoms with Gasteiger partial charge in [0, 0.05) is 12.0 Å². The van der Waals surface area contributed by atoms with Gasteiger partial charge < -0.3 is 11.1 Å². The van der Waals surface area contributed by atoms with Gasteiger partial charge in [-0.05, 0) is 48.3 Å². The molecule has 0 radical (unpaired) electrons. The zero-order chi connectivity index (χ0) is 16.3. The number of amides is 1. The fraction of sp³-hybridized carbons (Fsp3) is 0.632. The Labute approximate surface area is 134 Å². The van der Waals surface area contributed by atoms with E-state index in [2.05, 4.69) is 44.3 Å². The molecule has 0 aromatic heterocycles. The van der Waals surface area contributed by atoms with Crippen LogP contribution in [0.4, 0.5) is 0 Å². The molecule has 0 aliphatic heterocycles. The molecule has 1 aliphatic rings. The van der Waals surface area contributed by atoms with Crippen LogP contribution in [0, 0.1) is 11.8 Å². The third kappa shape index (κ3) is 3.70. The summed E-state index contributed by atoms with van der Waals surface area (Å²) in [6, 6.07) is 6.78. The lowest BCUT2D eigenvalue weighted by Gasteiger charge is -2.29. The molecule has 3 heteroatoms. The van der Waals surface area contributed by atoms with Gasteiger partial charge in [-0.2, -0.15) is 0 Å². The first kappa shape index (κ1) is 17.0. The fourth-order valence-corrected chi connectivity index (χ4v) is 3.06. The number of carbonyl (C=O) groups excluding carboxylic acids is 1. The quantitative estimate of drug-likeness (QED) is 0.867. The van der Waals surface area contributed by atoms with Crippen molar-refractivity contribution in [2.75, 3.05) is 0 Å². The highest BCUT2D eigenvalue weighted by atomic mass is 16.1. The summed E-state index contributed by atoms with van der Waals surface area (Å²) in [6.45, 7) is 8.33. The van der Waals surface area contributed by atoms with Gasteiger partial charge in [0.1, 0.15) is 0 Å². The normalized spacial score (nSPS) is 20.4. The number of fused-ring (bicyclic) bond motifs is 1. The predicted octanol–water partition coefficient (Wildman–Crippen LogP) is 3.88. The van der Waals surface area contributed by atoms with Crippen molar-refractivity contribution >= 4 is 5.91 Å². The van der Waals surface area contributed by atoms with Crippen molar-refractivity contribution < 1.29 is 4.79 Å². The molecule has 0 heterocycles. The Morgan fingerprint density at radius 1 is 1.36 bits per heavy atom. The van der Waals surface area contributed by atoms with E-state index < -0.39 is 0 Å². The van der Waals surface area contributed by atoms with Gasteiger partial charge >= 0.3 is 0 Å². The van der Waals surface area contributed by atoms with Gasteiger partial charge in [-0.1, -0.05) is 45.9 Å². The van der Waals surface area contributed by atoms with Crippen LogP contribution in [0.15, 0.2) is 18.2 Å². The van der Waals surface area contributed by atoms with Crippen molar-refractivity contribution in [2.24, 2.45) is 17.6 Å². The maximum Gasteiger partial charge on any atom is 0.223 e. The van der Waals surface area contributed by atoms with Crippen LogP contribution in [0.25, 0.3) is 0 Å². The lowest BCUT2D eigenvalue weighted by molar-refractivity contribution is -0.125. The molecule has 3 N–H and O–H groups in total. The molecule has 0 spiro atoms. The molecule has 3 unspecified atom stereocenters. The molecule has 0 bridgehead atoms. The Hall–Kier alpha value is -1.35. The first-order valence-electron chi connectivity index (χ1n) is 8.62. The summed E-state index contributed by atoms with van der Waals surface area (Å²) in [5.74, 6) is 0.653. The lowest BCUT2D eigenvalue weighted by Crippen LogP contribution is -2.34. The van der Waals surface area contributed by atoms with Crippen molar-refractivity contribution in [1.29, 1.82) is 0 Å². The molecule has 1 aromatic rings. The zero-order valence-electron chi connectivity index (χ0n) is 14.4. The molecule has 0 saturated carbocycles. The van der Waals surface area contributed by atoms with Crippen molar-refractivity contribution in [3.8, 4) is 0 Å². The predicted molar refractivity (Wildman–Crippen MR) is 91.5 cm³/mol. The number of benzene rings is 1. The van der Waals surface area contributed by atoms with Crippen LogP contribution in [-0.2, 0) is 11.2 Å². The molecule has 22 heavy (non-hydrogen) atoms. The summed E-state index contributed by atoms with van der Waals surface area (Å²) in [4.78, 5) is 12.2. The number of rotatable bonds is 5. The van der Waals surface area contributed by atoms with Crippen molar-refractivity contribution in [1.82, 2.24) is 5.32 Å². The van der Waals surface area contributed by atoms with Crippen molar-refractivity contribution in [3.63, 3.8) is 0 Å². The summed E-state index contributed by atoms with van der Waals surface area (Å²) in [5, 5.41) is 3.24. The van der Waals surface area contributed by atoms with Gasteiger partial charge in [0.2, 0.25) is 5.91 Å². The molecule has 0 saturated heterocycles. The molecule has 0 fully saturated rings. The maximum absolute atomic E-state index is 12.2. The van der Waals surface area contributed by atoms with Crippen molar-refractivity contribution in [2.45, 2.75) is 65.5 Å². The summed E-state index contributed by atoms with van der Waals surface area (Å²) >= 11 is 0. The van der Waals surface area contributed by atoms with Gasteiger partial charge in [-0.25, -0.2) is 0 Å². The van der Waals surface area contributed by atoms with E-state index in [1.807, 2.05) is 6.92 Å². The SMILES string of the molecule is CCC(C)C(=O)NC1CCCc2ccc(C(N)C(C)C)cc21. The van der Waals surface area contributed by atoms with Crippen LogP contribution in [0.2, 0.25) is 0 Å². The smallest absolute Gasteiger partial charge is 0.223 e. The highest BCUT2D eigenvalue weighted by Gasteiger charge is 2.24. The highest BCUT2D eigenvalue weighted by molar-refractivity contribution is 5.78. The first-order chi connectivity index (χ1) is 10.4. The van der Waals surface area contributed by atoms with Crippen LogP contribution in [0.5, 0.6) is 0 Å². The van der Waals surface area contributed by atoms with Crippen LogP contribution >= 0.6 is 0 Å². The topological polar surface area (TPSA) is 55.1 Å². The van der Waals surface area contributed by atoms with Crippen molar-refractivity contribution in [3.05, 3.63) is 34.9 Å². The van der Waals surface area contributed by atoms with E-state index in [1.54, 1.807) is 0 Å². The standard InChI is InChI=1S/C19H30N2O/c1-5-13(4)19(22)21-17-8-6-7-14-9-10-15(11-16(14)17)18(20)12(2)3/h9-13,17-18H,5-8,20H2,1-4H3,(H,21,22). The third-order valence-electron chi connectivity index (χ3n) is 4.96. The monoisotopic (exact) mass is 302 g/mol. The Kier molecular flexibility index (Phi) is 5.63. The fourth-order valence-electron chi connectivity index (χ4n) is 3.06. The minimum absolute atomic E-state index is 0.0538. The van der Waals surface area contributed by atoms with Gasteiger partial charge in [-0.3, -0.25) is 4.79 Å². The van der Waals surface area contributed by atoms with E-state index >= 15 is 0 Å². The largest absolute Gasteiger partial charge is 0.349 e. The average molecular weight is 302 g/mol. The Morgan fingerprint density at radius 2 is 2.09 bits per heavy atom. The third-order valence-corrected chi connectivity index (χ3v) is 4.96. The number of hydrogen-bond donors (Lipinski definition) is 2. The molecule has 1 aliphatic carbocycles. The number of nitrogens with two attached hydrogens (primary N) is 1. The second-order valence-corrected chi connectivity index (χ2v) is 6.99. The highest BCUT2D eigenvalue weighted by Crippen LogP contribution is 2.33. The van der Waals surface area contributed by atoms with E-state index in [1.165, 1.54) is 16.7 Å². The Morgan fingerprint density at radius 3 is 2.73 bits per heavy atom. The lowest BCUT2D eigenvalue weighted by atomic mass is 9.84. The molecule has 1 amide bonds. The molecular weight excluding hydrogens is 272 g/mol. The maximum atomic E-state index is 12.2. The van der Waals surface area contributed by atoms with Gasteiger partial charge in [0.25, 0.3) is 0 Å². The second kappa shape index (κ2) is 7.28. The van der Waals surface area contributed by atoms with Gasteiger partial charge in [0.05, 0.1) is 6.04 Å². The van der Waals surface area contributed by atoms with Gasteiger partial charge in [-0.15, -0.1) is 0 Å². The summed E-state index contributed by atoms with van der Waals surface area (Å²) in [5.41, 5.74) is 10.1. The van der Waals surface area contributed by atoms with Crippen LogP contribution in [-0.4, -0.2) is 5.91 Å². The number of aryl methyl sites for hydroxylation is 1. The number of nitrogens with one attached hydrogen (secondary N) is 1. The molecule has 3 atom stereocenters.